The van der Waals surface area contributed by atoms with E-state index in [9.17, 15) is 0 Å². The van der Waals surface area contributed by atoms with Crippen LogP contribution in [0.15, 0.2) is 42.5 Å². The third kappa shape index (κ3) is 4.66. The highest BCUT2D eigenvalue weighted by molar-refractivity contribution is 5.14. The highest BCUT2D eigenvalue weighted by atomic mass is 15.1. The smallest absolute Gasteiger partial charge is 0.0190 e. The Bertz CT molecular complexity index is 349. The second-order valence-electron chi connectivity index (χ2n) is 5.43. The summed E-state index contributed by atoms with van der Waals surface area (Å²) in [7, 11) is 0. The molecule has 0 aliphatic carbocycles. The zero-order valence-electron chi connectivity index (χ0n) is 11.4. The summed E-state index contributed by atoms with van der Waals surface area (Å²) in [5, 5.41) is 0. The van der Waals surface area contributed by atoms with Crippen LogP contribution < -0.4 is 0 Å². The minimum Gasteiger partial charge on any atom is -0.299 e. The van der Waals surface area contributed by atoms with Gasteiger partial charge in [0.1, 0.15) is 0 Å². The van der Waals surface area contributed by atoms with Crippen molar-refractivity contribution in [3.8, 4) is 0 Å². The lowest BCUT2D eigenvalue weighted by molar-refractivity contribution is 0.364. The maximum atomic E-state index is 4.22. The number of aryl methyl sites for hydroxylation is 1. The average Bonchev–Trinajstić information content (AvgIpc) is 2.89. The molecule has 0 amide bonds. The van der Waals surface area contributed by atoms with Crippen LogP contribution in [0.4, 0.5) is 0 Å². The van der Waals surface area contributed by atoms with Crippen molar-refractivity contribution >= 4 is 0 Å². The van der Waals surface area contributed by atoms with Gasteiger partial charge in [-0.05, 0) is 57.2 Å². The Hall–Kier alpha value is -1.08. The van der Waals surface area contributed by atoms with Gasteiger partial charge >= 0.3 is 0 Å². The Morgan fingerprint density at radius 2 is 1.78 bits per heavy atom. The van der Waals surface area contributed by atoms with Crippen molar-refractivity contribution in [2.24, 2.45) is 0 Å². The molecule has 18 heavy (non-hydrogen) atoms. The average molecular weight is 243 g/mol. The molecule has 1 aliphatic rings. The van der Waals surface area contributed by atoms with Crippen molar-refractivity contribution < 1.29 is 0 Å². The summed E-state index contributed by atoms with van der Waals surface area (Å²) in [4.78, 5) is 2.54. The molecule has 1 heteroatoms. The van der Waals surface area contributed by atoms with Crippen molar-refractivity contribution in [3.63, 3.8) is 0 Å². The third-order valence-corrected chi connectivity index (χ3v) is 3.73. The van der Waals surface area contributed by atoms with Crippen LogP contribution in [0.25, 0.3) is 0 Å². The standard InChI is InChI=1S/C17H25N/c1-16(15-18-13-7-8-14-18)9-5-6-12-17-10-3-2-4-11-17/h2-4,10-11H,1,5-9,12-15H2. The van der Waals surface area contributed by atoms with Crippen molar-refractivity contribution in [2.75, 3.05) is 19.6 Å². The molecule has 0 aromatic heterocycles. The van der Waals surface area contributed by atoms with Gasteiger partial charge < -0.3 is 0 Å². The van der Waals surface area contributed by atoms with E-state index in [4.69, 9.17) is 0 Å². The van der Waals surface area contributed by atoms with E-state index < -0.39 is 0 Å². The van der Waals surface area contributed by atoms with Crippen LogP contribution in [-0.2, 0) is 6.42 Å². The number of rotatable bonds is 7. The predicted molar refractivity (Wildman–Crippen MR) is 78.8 cm³/mol. The molecule has 0 spiro atoms. The molecule has 0 saturated carbocycles. The fraction of sp³-hybridized carbons (Fsp3) is 0.529. The molecule has 1 fully saturated rings. The van der Waals surface area contributed by atoms with Gasteiger partial charge in [-0.25, -0.2) is 0 Å². The van der Waals surface area contributed by atoms with E-state index in [2.05, 4.69) is 41.8 Å². The summed E-state index contributed by atoms with van der Waals surface area (Å²) in [5.41, 5.74) is 2.88. The third-order valence-electron chi connectivity index (χ3n) is 3.73. The van der Waals surface area contributed by atoms with E-state index in [1.54, 1.807) is 0 Å². The van der Waals surface area contributed by atoms with E-state index in [1.807, 2.05) is 0 Å². The van der Waals surface area contributed by atoms with Crippen LogP contribution in [0, 0.1) is 0 Å². The Kier molecular flexibility index (Phi) is 5.47. The van der Waals surface area contributed by atoms with Crippen LogP contribution in [0.1, 0.15) is 37.7 Å². The molecular formula is C17H25N. The Morgan fingerprint density at radius 3 is 2.50 bits per heavy atom. The molecule has 0 N–H and O–H groups in total. The van der Waals surface area contributed by atoms with E-state index in [-0.39, 0.29) is 0 Å². The maximum absolute atomic E-state index is 4.22. The number of benzene rings is 1. The SMILES string of the molecule is C=C(CCCCc1ccccc1)CN1CCCC1. The van der Waals surface area contributed by atoms with Crippen molar-refractivity contribution in [1.82, 2.24) is 4.90 Å². The lowest BCUT2D eigenvalue weighted by Gasteiger charge is -2.16. The van der Waals surface area contributed by atoms with Gasteiger partial charge in [-0.15, -0.1) is 0 Å². The van der Waals surface area contributed by atoms with Crippen LogP contribution in [0.3, 0.4) is 0 Å². The first-order valence-electron chi connectivity index (χ1n) is 7.27. The zero-order chi connectivity index (χ0) is 12.6. The summed E-state index contributed by atoms with van der Waals surface area (Å²) in [6.07, 6.45) is 7.72. The first kappa shape index (κ1) is 13.4. The van der Waals surface area contributed by atoms with E-state index >= 15 is 0 Å². The van der Waals surface area contributed by atoms with E-state index in [0.29, 0.717) is 0 Å². The summed E-state index contributed by atoms with van der Waals surface area (Å²) < 4.78 is 0. The summed E-state index contributed by atoms with van der Waals surface area (Å²) in [5.74, 6) is 0. The normalized spacial score (nSPS) is 16.0. The van der Waals surface area contributed by atoms with Crippen molar-refractivity contribution in [1.29, 1.82) is 0 Å². The number of nitrogens with zero attached hydrogens (tertiary/aromatic N) is 1. The first-order chi connectivity index (χ1) is 8.84. The Morgan fingerprint density at radius 1 is 1.06 bits per heavy atom. The Labute approximate surface area is 112 Å². The highest BCUT2D eigenvalue weighted by Crippen LogP contribution is 2.14. The van der Waals surface area contributed by atoms with Gasteiger partial charge in [0.2, 0.25) is 0 Å². The minimum absolute atomic E-state index is 1.13. The van der Waals surface area contributed by atoms with E-state index in [1.165, 1.54) is 62.8 Å². The topological polar surface area (TPSA) is 3.24 Å². The fourth-order valence-corrected chi connectivity index (χ4v) is 2.68. The number of hydrogen-bond acceptors (Lipinski definition) is 1. The fourth-order valence-electron chi connectivity index (χ4n) is 2.68. The molecule has 2 rings (SSSR count). The second kappa shape index (κ2) is 7.38. The van der Waals surface area contributed by atoms with Gasteiger partial charge in [-0.2, -0.15) is 0 Å². The highest BCUT2D eigenvalue weighted by Gasteiger charge is 2.11. The molecule has 1 aromatic rings. The van der Waals surface area contributed by atoms with Gasteiger partial charge in [0, 0.05) is 6.54 Å². The lowest BCUT2D eigenvalue weighted by Crippen LogP contribution is -2.21. The molecule has 0 bridgehead atoms. The number of hydrogen-bond donors (Lipinski definition) is 0. The molecule has 0 unspecified atom stereocenters. The maximum Gasteiger partial charge on any atom is 0.0190 e. The van der Waals surface area contributed by atoms with Crippen molar-refractivity contribution in [2.45, 2.75) is 38.5 Å². The lowest BCUT2D eigenvalue weighted by atomic mass is 10.0. The number of likely N-dealkylation sites (tertiary alicyclic amines) is 1. The molecule has 1 heterocycles. The predicted octanol–water partition coefficient (Wildman–Crippen LogP) is 4.05. The van der Waals surface area contributed by atoms with Crippen molar-refractivity contribution in [3.05, 3.63) is 48.0 Å². The monoisotopic (exact) mass is 243 g/mol. The molecule has 1 nitrogen and oxygen atoms in total. The first-order valence-corrected chi connectivity index (χ1v) is 7.27. The number of unbranched alkanes of at least 4 members (excludes halogenated alkanes) is 1. The molecule has 1 aliphatic heterocycles. The van der Waals surface area contributed by atoms with Gasteiger partial charge in [0.05, 0.1) is 0 Å². The van der Waals surface area contributed by atoms with Crippen LogP contribution in [0.5, 0.6) is 0 Å². The molecule has 0 radical (unpaired) electrons. The molecular weight excluding hydrogens is 218 g/mol. The molecule has 1 saturated heterocycles. The molecule has 1 aromatic carbocycles. The molecule has 98 valence electrons. The van der Waals surface area contributed by atoms with Gasteiger partial charge in [-0.3, -0.25) is 4.90 Å². The van der Waals surface area contributed by atoms with Crippen LogP contribution in [-0.4, -0.2) is 24.5 Å². The van der Waals surface area contributed by atoms with Crippen LogP contribution in [0.2, 0.25) is 0 Å². The van der Waals surface area contributed by atoms with Gasteiger partial charge in [-0.1, -0.05) is 42.5 Å². The largest absolute Gasteiger partial charge is 0.299 e. The minimum atomic E-state index is 1.13. The second-order valence-corrected chi connectivity index (χ2v) is 5.43. The summed E-state index contributed by atoms with van der Waals surface area (Å²) in [6, 6.07) is 10.8. The summed E-state index contributed by atoms with van der Waals surface area (Å²) >= 11 is 0. The van der Waals surface area contributed by atoms with Gasteiger partial charge in [0.15, 0.2) is 0 Å². The Balaban J connectivity index is 1.56. The van der Waals surface area contributed by atoms with E-state index in [0.717, 1.165) is 6.54 Å². The molecule has 0 atom stereocenters. The quantitative estimate of drug-likeness (QED) is 0.516. The summed E-state index contributed by atoms with van der Waals surface area (Å²) in [6.45, 7) is 7.91. The van der Waals surface area contributed by atoms with Gasteiger partial charge in [0.25, 0.3) is 0 Å². The van der Waals surface area contributed by atoms with Crippen LogP contribution >= 0.6 is 0 Å². The zero-order valence-corrected chi connectivity index (χ0v) is 11.4.